The van der Waals surface area contributed by atoms with Crippen LogP contribution in [0.2, 0.25) is 5.02 Å². The van der Waals surface area contributed by atoms with Crippen LogP contribution in [0.4, 0.5) is 23.0 Å². The SMILES string of the molecule is COc1cc(C(=O)Nc2cccc(NS(C)(=O)=O)c2)ccc1Nc1ncc(Cl)c(-c2cnn(C(C)C)c2)n1. The van der Waals surface area contributed by atoms with Crippen molar-refractivity contribution in [2.24, 2.45) is 0 Å². The molecule has 0 atom stereocenters. The van der Waals surface area contributed by atoms with E-state index in [1.165, 1.54) is 19.4 Å². The van der Waals surface area contributed by atoms with E-state index in [4.69, 9.17) is 16.3 Å². The molecule has 2 aromatic carbocycles. The number of carbonyl (C=O) groups excluding carboxylic acids is 1. The Bertz CT molecular complexity index is 1590. The number of ether oxygens (including phenoxy) is 1. The summed E-state index contributed by atoms with van der Waals surface area (Å²) in [5, 5.41) is 10.6. The summed E-state index contributed by atoms with van der Waals surface area (Å²) in [4.78, 5) is 21.7. The molecule has 0 bridgehead atoms. The van der Waals surface area contributed by atoms with Crippen molar-refractivity contribution in [1.29, 1.82) is 0 Å². The average Bonchev–Trinajstić information content (AvgIpc) is 3.35. The molecule has 0 saturated heterocycles. The van der Waals surface area contributed by atoms with Crippen LogP contribution in [0.3, 0.4) is 0 Å². The molecular weight excluding hydrogens is 530 g/mol. The Morgan fingerprint density at radius 1 is 1.11 bits per heavy atom. The molecule has 3 N–H and O–H groups in total. The van der Waals surface area contributed by atoms with Gasteiger partial charge in [0, 0.05) is 29.1 Å². The van der Waals surface area contributed by atoms with Gasteiger partial charge in [-0.2, -0.15) is 5.10 Å². The van der Waals surface area contributed by atoms with Gasteiger partial charge in [-0.15, -0.1) is 0 Å². The maximum Gasteiger partial charge on any atom is 0.255 e. The molecule has 0 aliphatic heterocycles. The lowest BCUT2D eigenvalue weighted by Crippen LogP contribution is -2.13. The zero-order valence-electron chi connectivity index (χ0n) is 21.1. The normalized spacial score (nSPS) is 11.3. The number of nitrogens with one attached hydrogen (secondary N) is 3. The predicted octanol–water partition coefficient (Wildman–Crippen LogP) is 4.95. The molecule has 38 heavy (non-hydrogen) atoms. The molecular formula is C25H26ClN7O4S. The van der Waals surface area contributed by atoms with E-state index in [2.05, 4.69) is 30.4 Å². The van der Waals surface area contributed by atoms with Crippen molar-refractivity contribution in [1.82, 2.24) is 19.7 Å². The third-order valence-electron chi connectivity index (χ3n) is 5.28. The number of amides is 1. The highest BCUT2D eigenvalue weighted by atomic mass is 35.5. The summed E-state index contributed by atoms with van der Waals surface area (Å²) in [6, 6.07) is 11.4. The second-order valence-corrected chi connectivity index (χ2v) is 10.8. The monoisotopic (exact) mass is 555 g/mol. The van der Waals surface area contributed by atoms with E-state index in [1.54, 1.807) is 42.6 Å². The van der Waals surface area contributed by atoms with E-state index >= 15 is 0 Å². The van der Waals surface area contributed by atoms with Crippen LogP contribution in [-0.4, -0.2) is 47.4 Å². The summed E-state index contributed by atoms with van der Waals surface area (Å²) in [7, 11) is -1.96. The molecule has 0 fully saturated rings. The minimum absolute atomic E-state index is 0.190. The highest BCUT2D eigenvalue weighted by Gasteiger charge is 2.15. The molecule has 0 saturated carbocycles. The Morgan fingerprint density at radius 3 is 2.55 bits per heavy atom. The first-order valence-electron chi connectivity index (χ1n) is 11.4. The van der Waals surface area contributed by atoms with Crippen molar-refractivity contribution in [2.75, 3.05) is 28.7 Å². The van der Waals surface area contributed by atoms with Gasteiger partial charge in [-0.3, -0.25) is 14.2 Å². The number of anilines is 4. The lowest BCUT2D eigenvalue weighted by Gasteiger charge is -2.13. The van der Waals surface area contributed by atoms with Crippen molar-refractivity contribution in [3.63, 3.8) is 0 Å². The zero-order chi connectivity index (χ0) is 27.4. The van der Waals surface area contributed by atoms with Gasteiger partial charge >= 0.3 is 0 Å². The van der Waals surface area contributed by atoms with Crippen LogP contribution >= 0.6 is 11.6 Å². The molecule has 4 rings (SSSR count). The number of hydrogen-bond donors (Lipinski definition) is 3. The number of aromatic nitrogens is 4. The largest absolute Gasteiger partial charge is 0.495 e. The Balaban J connectivity index is 1.53. The van der Waals surface area contributed by atoms with E-state index in [9.17, 15) is 13.2 Å². The summed E-state index contributed by atoms with van der Waals surface area (Å²) in [6.07, 6.45) is 6.11. The maximum absolute atomic E-state index is 12.9. The summed E-state index contributed by atoms with van der Waals surface area (Å²) in [5.74, 6) is 0.267. The minimum atomic E-state index is -3.45. The fourth-order valence-electron chi connectivity index (χ4n) is 3.51. The van der Waals surface area contributed by atoms with Gasteiger partial charge in [0.05, 0.1) is 47.9 Å². The molecule has 13 heteroatoms. The van der Waals surface area contributed by atoms with Crippen LogP contribution in [0.25, 0.3) is 11.3 Å². The quantitative estimate of drug-likeness (QED) is 0.263. The standard InChI is InChI=1S/C25H26ClN7O4S/c1-15(2)33-14-17(12-28-33)23-20(26)13-27-25(31-23)30-21-9-8-16(10-22(21)37-3)24(34)29-18-6-5-7-19(11-18)32-38(4,35)36/h5-15,32H,1-4H3,(H,29,34)(H,27,30,31). The van der Waals surface area contributed by atoms with Crippen molar-refractivity contribution in [3.8, 4) is 17.0 Å². The van der Waals surface area contributed by atoms with E-state index in [-0.39, 0.29) is 12.0 Å². The number of sulfonamides is 1. The van der Waals surface area contributed by atoms with Crippen LogP contribution < -0.4 is 20.1 Å². The summed E-state index contributed by atoms with van der Waals surface area (Å²) in [6.45, 7) is 4.05. The third-order valence-corrected chi connectivity index (χ3v) is 6.17. The third kappa shape index (κ3) is 6.58. The van der Waals surface area contributed by atoms with Gasteiger partial charge in [-0.25, -0.2) is 18.4 Å². The highest BCUT2D eigenvalue weighted by Crippen LogP contribution is 2.31. The minimum Gasteiger partial charge on any atom is -0.495 e. The van der Waals surface area contributed by atoms with E-state index in [1.807, 2.05) is 24.7 Å². The van der Waals surface area contributed by atoms with Gasteiger partial charge in [0.1, 0.15) is 5.75 Å². The highest BCUT2D eigenvalue weighted by molar-refractivity contribution is 7.92. The van der Waals surface area contributed by atoms with Crippen molar-refractivity contribution in [3.05, 3.63) is 71.6 Å². The van der Waals surface area contributed by atoms with Crippen molar-refractivity contribution >= 4 is 50.5 Å². The van der Waals surface area contributed by atoms with Crippen LogP contribution in [0.1, 0.15) is 30.2 Å². The van der Waals surface area contributed by atoms with Gasteiger partial charge in [0.15, 0.2) is 0 Å². The number of carbonyl (C=O) groups is 1. The number of benzene rings is 2. The van der Waals surface area contributed by atoms with Crippen molar-refractivity contribution < 1.29 is 17.9 Å². The Morgan fingerprint density at radius 2 is 1.87 bits per heavy atom. The predicted molar refractivity (Wildman–Crippen MR) is 148 cm³/mol. The molecule has 0 spiro atoms. The zero-order valence-corrected chi connectivity index (χ0v) is 22.6. The molecule has 1 amide bonds. The summed E-state index contributed by atoms with van der Waals surface area (Å²) >= 11 is 6.35. The second kappa shape index (κ2) is 11.1. The molecule has 4 aromatic rings. The number of rotatable bonds is 9. The second-order valence-electron chi connectivity index (χ2n) is 8.64. The molecule has 0 aliphatic rings. The maximum atomic E-state index is 12.9. The summed E-state index contributed by atoms with van der Waals surface area (Å²) < 4.78 is 32.6. The molecule has 0 aliphatic carbocycles. The molecule has 11 nitrogen and oxygen atoms in total. The fourth-order valence-corrected chi connectivity index (χ4v) is 4.26. The smallest absolute Gasteiger partial charge is 0.255 e. The summed E-state index contributed by atoms with van der Waals surface area (Å²) in [5.41, 5.74) is 2.90. The topological polar surface area (TPSA) is 140 Å². The molecule has 2 aromatic heterocycles. The van der Waals surface area contributed by atoms with Gasteiger partial charge in [0.2, 0.25) is 16.0 Å². The van der Waals surface area contributed by atoms with E-state index < -0.39 is 15.9 Å². The van der Waals surface area contributed by atoms with Crippen LogP contribution in [0, 0.1) is 0 Å². The fraction of sp³-hybridized carbons (Fsp3) is 0.200. The molecule has 0 unspecified atom stereocenters. The van der Waals surface area contributed by atoms with Gasteiger partial charge in [-0.1, -0.05) is 17.7 Å². The number of nitrogens with zero attached hydrogens (tertiary/aromatic N) is 4. The Hall–Kier alpha value is -4.16. The number of methoxy groups -OCH3 is 1. The number of halogens is 1. The van der Waals surface area contributed by atoms with Crippen LogP contribution in [-0.2, 0) is 10.0 Å². The first-order valence-corrected chi connectivity index (χ1v) is 13.7. The van der Waals surface area contributed by atoms with Gasteiger partial charge in [0.25, 0.3) is 5.91 Å². The first kappa shape index (κ1) is 26.9. The lowest BCUT2D eigenvalue weighted by molar-refractivity contribution is 0.102. The van der Waals surface area contributed by atoms with Crippen molar-refractivity contribution in [2.45, 2.75) is 19.9 Å². The van der Waals surface area contributed by atoms with Crippen LogP contribution in [0.15, 0.2) is 61.1 Å². The Kier molecular flexibility index (Phi) is 7.83. The van der Waals surface area contributed by atoms with E-state index in [0.717, 1.165) is 11.8 Å². The average molecular weight is 556 g/mol. The van der Waals surface area contributed by atoms with Crippen LogP contribution in [0.5, 0.6) is 5.75 Å². The van der Waals surface area contributed by atoms with Gasteiger partial charge in [-0.05, 0) is 50.2 Å². The van der Waals surface area contributed by atoms with Gasteiger partial charge < -0.3 is 15.4 Å². The molecule has 198 valence electrons. The number of hydrogen-bond acceptors (Lipinski definition) is 8. The molecule has 0 radical (unpaired) electrons. The van der Waals surface area contributed by atoms with E-state index in [0.29, 0.717) is 39.1 Å². The Labute approximate surface area is 225 Å². The lowest BCUT2D eigenvalue weighted by atomic mass is 10.1. The molecule has 2 heterocycles. The first-order chi connectivity index (χ1) is 18.0.